The molecule has 3 heteroatoms. The summed E-state index contributed by atoms with van der Waals surface area (Å²) in [6, 6.07) is 8.72. The van der Waals surface area contributed by atoms with Gasteiger partial charge in [0.2, 0.25) is 0 Å². The summed E-state index contributed by atoms with van der Waals surface area (Å²) in [4.78, 5) is 0. The van der Waals surface area contributed by atoms with Crippen molar-refractivity contribution >= 4 is 5.82 Å². The summed E-state index contributed by atoms with van der Waals surface area (Å²) in [5, 5.41) is 4.59. The molecule has 0 aliphatic heterocycles. The number of hydrogen-bond acceptors (Lipinski definition) is 2. The number of hydrogen-bond donors (Lipinski definition) is 1. The Hall–Kier alpha value is -1.77. The maximum atomic E-state index is 6.14. The molecule has 0 aliphatic carbocycles. The quantitative estimate of drug-likeness (QED) is 0.907. The van der Waals surface area contributed by atoms with Crippen molar-refractivity contribution < 1.29 is 0 Å². The van der Waals surface area contributed by atoms with Crippen LogP contribution < -0.4 is 5.73 Å². The van der Waals surface area contributed by atoms with Crippen LogP contribution in [0.3, 0.4) is 0 Å². The fourth-order valence-corrected chi connectivity index (χ4v) is 2.49. The first-order valence-corrected chi connectivity index (χ1v) is 7.33. The molecule has 0 saturated carbocycles. The lowest BCUT2D eigenvalue weighted by Crippen LogP contribution is -2.03. The van der Waals surface area contributed by atoms with Gasteiger partial charge in [-0.3, -0.25) is 4.68 Å². The van der Waals surface area contributed by atoms with E-state index in [1.54, 1.807) is 0 Å². The summed E-state index contributed by atoms with van der Waals surface area (Å²) in [6.45, 7) is 6.55. The van der Waals surface area contributed by atoms with Gasteiger partial charge in [0, 0.05) is 12.6 Å². The Morgan fingerprint density at radius 2 is 1.80 bits per heavy atom. The summed E-state index contributed by atoms with van der Waals surface area (Å²) < 4.78 is 1.81. The molecule has 0 aliphatic rings. The van der Waals surface area contributed by atoms with Crippen LogP contribution in [0, 0.1) is 12.8 Å². The maximum absolute atomic E-state index is 6.14. The molecular formula is C17H25N3. The zero-order chi connectivity index (χ0) is 14.7. The number of aromatic nitrogens is 2. The van der Waals surface area contributed by atoms with E-state index in [2.05, 4.69) is 50.1 Å². The van der Waals surface area contributed by atoms with Crippen molar-refractivity contribution in [2.75, 3.05) is 5.73 Å². The van der Waals surface area contributed by atoms with E-state index in [9.17, 15) is 0 Å². The molecule has 1 heterocycles. The van der Waals surface area contributed by atoms with Crippen molar-refractivity contribution in [3.63, 3.8) is 0 Å². The SMILES string of the molecule is Cc1ccc(CCc2nn(C)c(N)c2CC(C)C)cc1. The molecule has 3 nitrogen and oxygen atoms in total. The van der Waals surface area contributed by atoms with Crippen molar-refractivity contribution in [2.24, 2.45) is 13.0 Å². The van der Waals surface area contributed by atoms with E-state index < -0.39 is 0 Å². The fourth-order valence-electron chi connectivity index (χ4n) is 2.49. The number of rotatable bonds is 5. The van der Waals surface area contributed by atoms with Crippen LogP contribution in [0.25, 0.3) is 0 Å². The maximum Gasteiger partial charge on any atom is 0.124 e. The molecule has 0 atom stereocenters. The Morgan fingerprint density at radius 1 is 1.15 bits per heavy atom. The average molecular weight is 271 g/mol. The van der Waals surface area contributed by atoms with Crippen molar-refractivity contribution in [2.45, 2.75) is 40.0 Å². The van der Waals surface area contributed by atoms with Gasteiger partial charge in [0.15, 0.2) is 0 Å². The van der Waals surface area contributed by atoms with E-state index >= 15 is 0 Å². The summed E-state index contributed by atoms with van der Waals surface area (Å²) in [6.07, 6.45) is 2.97. The number of benzene rings is 1. The van der Waals surface area contributed by atoms with Gasteiger partial charge >= 0.3 is 0 Å². The minimum Gasteiger partial charge on any atom is -0.384 e. The largest absolute Gasteiger partial charge is 0.384 e. The molecule has 2 rings (SSSR count). The number of nitrogens with two attached hydrogens (primary N) is 1. The van der Waals surface area contributed by atoms with E-state index in [1.165, 1.54) is 16.7 Å². The Labute approximate surface area is 121 Å². The molecule has 20 heavy (non-hydrogen) atoms. The lowest BCUT2D eigenvalue weighted by Gasteiger charge is -2.07. The highest BCUT2D eigenvalue weighted by Crippen LogP contribution is 2.21. The smallest absolute Gasteiger partial charge is 0.124 e. The van der Waals surface area contributed by atoms with Crippen LogP contribution in [0.4, 0.5) is 5.82 Å². The summed E-state index contributed by atoms with van der Waals surface area (Å²) >= 11 is 0. The van der Waals surface area contributed by atoms with Gasteiger partial charge in [-0.05, 0) is 37.7 Å². The summed E-state index contributed by atoms with van der Waals surface area (Å²) in [7, 11) is 1.93. The third-order valence-corrected chi connectivity index (χ3v) is 3.66. The van der Waals surface area contributed by atoms with Gasteiger partial charge in [0.1, 0.15) is 5.82 Å². The molecular weight excluding hydrogens is 246 g/mol. The Morgan fingerprint density at radius 3 is 2.40 bits per heavy atom. The number of nitrogens with zero attached hydrogens (tertiary/aromatic N) is 2. The molecule has 0 radical (unpaired) electrons. The first kappa shape index (κ1) is 14.6. The average Bonchev–Trinajstić information content (AvgIpc) is 2.65. The van der Waals surface area contributed by atoms with Gasteiger partial charge in [0.05, 0.1) is 5.69 Å². The Kier molecular flexibility index (Phi) is 4.48. The van der Waals surface area contributed by atoms with Crippen molar-refractivity contribution in [3.8, 4) is 0 Å². The van der Waals surface area contributed by atoms with E-state index in [0.29, 0.717) is 5.92 Å². The first-order chi connectivity index (χ1) is 9.47. The van der Waals surface area contributed by atoms with Gasteiger partial charge in [-0.1, -0.05) is 43.7 Å². The first-order valence-electron chi connectivity index (χ1n) is 7.33. The Bertz CT molecular complexity index is 565. The minimum atomic E-state index is 0.597. The second-order valence-electron chi connectivity index (χ2n) is 6.02. The minimum absolute atomic E-state index is 0.597. The predicted molar refractivity (Wildman–Crippen MR) is 84.7 cm³/mol. The van der Waals surface area contributed by atoms with Gasteiger partial charge in [-0.25, -0.2) is 0 Å². The van der Waals surface area contributed by atoms with Gasteiger partial charge in [0.25, 0.3) is 0 Å². The van der Waals surface area contributed by atoms with Crippen LogP contribution in [0.2, 0.25) is 0 Å². The predicted octanol–water partition coefficient (Wildman–Crippen LogP) is 3.29. The second kappa shape index (κ2) is 6.12. The monoisotopic (exact) mass is 271 g/mol. The highest BCUT2D eigenvalue weighted by Gasteiger charge is 2.14. The number of aryl methyl sites for hydroxylation is 4. The van der Waals surface area contributed by atoms with Crippen LogP contribution in [0.1, 0.15) is 36.2 Å². The van der Waals surface area contributed by atoms with E-state index in [4.69, 9.17) is 5.73 Å². The van der Waals surface area contributed by atoms with Crippen LogP contribution in [0.15, 0.2) is 24.3 Å². The zero-order valence-electron chi connectivity index (χ0n) is 13.0. The molecule has 2 aromatic rings. The highest BCUT2D eigenvalue weighted by molar-refractivity contribution is 5.44. The van der Waals surface area contributed by atoms with Crippen molar-refractivity contribution in [1.82, 2.24) is 9.78 Å². The van der Waals surface area contributed by atoms with Gasteiger partial charge < -0.3 is 5.73 Å². The molecule has 0 spiro atoms. The van der Waals surface area contributed by atoms with E-state index in [-0.39, 0.29) is 0 Å². The van der Waals surface area contributed by atoms with Gasteiger partial charge in [-0.15, -0.1) is 0 Å². The second-order valence-corrected chi connectivity index (χ2v) is 6.02. The van der Waals surface area contributed by atoms with E-state index in [1.807, 2.05) is 11.7 Å². The number of nitrogen functional groups attached to an aromatic ring is 1. The summed E-state index contributed by atoms with van der Waals surface area (Å²) in [5.74, 6) is 1.41. The third-order valence-electron chi connectivity index (χ3n) is 3.66. The molecule has 0 fully saturated rings. The van der Waals surface area contributed by atoms with Crippen LogP contribution >= 0.6 is 0 Å². The molecule has 0 bridgehead atoms. The van der Waals surface area contributed by atoms with Gasteiger partial charge in [-0.2, -0.15) is 5.10 Å². The lowest BCUT2D eigenvalue weighted by molar-refractivity contribution is 0.643. The highest BCUT2D eigenvalue weighted by atomic mass is 15.3. The van der Waals surface area contributed by atoms with Crippen LogP contribution in [0.5, 0.6) is 0 Å². The molecule has 1 aromatic heterocycles. The molecule has 1 aromatic carbocycles. The van der Waals surface area contributed by atoms with Crippen LogP contribution in [-0.4, -0.2) is 9.78 Å². The van der Waals surface area contributed by atoms with Crippen LogP contribution in [-0.2, 0) is 26.3 Å². The van der Waals surface area contributed by atoms with E-state index in [0.717, 1.165) is 30.8 Å². The standard InChI is InChI=1S/C17H25N3/c1-12(2)11-15-16(19-20(4)17(15)18)10-9-14-7-5-13(3)6-8-14/h5-8,12H,9-11,18H2,1-4H3. The normalized spacial score (nSPS) is 11.2. The molecule has 0 saturated heterocycles. The molecule has 2 N–H and O–H groups in total. The molecule has 0 unspecified atom stereocenters. The number of anilines is 1. The fraction of sp³-hybridized carbons (Fsp3) is 0.471. The zero-order valence-corrected chi connectivity index (χ0v) is 13.0. The lowest BCUT2D eigenvalue weighted by atomic mass is 9.99. The molecule has 108 valence electrons. The topological polar surface area (TPSA) is 43.8 Å². The summed E-state index contributed by atoms with van der Waals surface area (Å²) in [5.41, 5.74) is 11.2. The Balaban J connectivity index is 2.12. The van der Waals surface area contributed by atoms with Crippen molar-refractivity contribution in [3.05, 3.63) is 46.6 Å². The molecule has 0 amide bonds. The third kappa shape index (κ3) is 3.41. The van der Waals surface area contributed by atoms with Crippen molar-refractivity contribution in [1.29, 1.82) is 0 Å².